The second-order valence-corrected chi connectivity index (χ2v) is 11.1. The average molecular weight is 1060 g/mol. The molecule has 56 heavy (non-hydrogen) atoms. The molecule has 0 atom stereocenters. The van der Waals surface area contributed by atoms with E-state index in [-0.39, 0.29) is 108 Å². The molecule has 0 fully saturated rings. The Balaban J connectivity index is 0.000000285. The van der Waals surface area contributed by atoms with Crippen LogP contribution in [0, 0.1) is 74.6 Å². The van der Waals surface area contributed by atoms with Gasteiger partial charge in [-0.15, -0.1) is 0 Å². The van der Waals surface area contributed by atoms with Crippen LogP contribution in [0.3, 0.4) is 0 Å². The van der Waals surface area contributed by atoms with E-state index in [0.29, 0.717) is 33.4 Å². The predicted octanol–water partition coefficient (Wildman–Crippen LogP) is 8.25. The van der Waals surface area contributed by atoms with Crippen molar-refractivity contribution in [3.8, 4) is 33.4 Å². The molecule has 14 heteroatoms. The molecule has 0 aliphatic heterocycles. The van der Waals surface area contributed by atoms with Gasteiger partial charge in [-0.2, -0.15) is 0 Å². The maximum atomic E-state index is 11.3. The molecule has 0 unspecified atom stereocenters. The van der Waals surface area contributed by atoms with Gasteiger partial charge in [0.25, 0.3) is 0 Å². The molecule has 6 N–H and O–H groups in total. The molecular weight excluding hydrogens is 1030 g/mol. The summed E-state index contributed by atoms with van der Waals surface area (Å²) in [5, 5.41) is 54.6. The van der Waals surface area contributed by atoms with E-state index in [0.717, 1.165) is 0 Å². The molecule has 12 nitrogen and oxygen atoms in total. The quantitative estimate of drug-likeness (QED) is 0.0806. The van der Waals surface area contributed by atoms with Crippen molar-refractivity contribution in [2.24, 2.45) is 0 Å². The smallest absolute Gasteiger partial charge is 0.337 e. The summed E-state index contributed by atoms with van der Waals surface area (Å²) in [7, 11) is 0. The molecule has 294 valence electrons. The molecule has 0 aromatic heterocycles. The van der Waals surface area contributed by atoms with E-state index in [1.807, 2.05) is 18.2 Å². The Bertz CT molecular complexity index is 2080. The predicted molar refractivity (Wildman–Crippen MR) is 197 cm³/mol. The van der Waals surface area contributed by atoms with E-state index in [2.05, 4.69) is 0 Å². The van der Waals surface area contributed by atoms with Crippen LogP contribution < -0.4 is 0 Å². The molecule has 0 aliphatic carbocycles. The van der Waals surface area contributed by atoms with Gasteiger partial charge in [-0.3, -0.25) is 0 Å². The third-order valence-electron chi connectivity index (χ3n) is 7.78. The van der Waals surface area contributed by atoms with E-state index in [1.165, 1.54) is 36.4 Å². The maximum Gasteiger partial charge on any atom is 0.337 e. The van der Waals surface area contributed by atoms with E-state index in [1.54, 1.807) is 91.0 Å². The van der Waals surface area contributed by atoms with Gasteiger partial charge in [-0.05, 0) is 51.6 Å². The van der Waals surface area contributed by atoms with Crippen molar-refractivity contribution in [3.05, 3.63) is 179 Å². The van der Waals surface area contributed by atoms with Crippen molar-refractivity contribution in [1.29, 1.82) is 0 Å². The molecule has 0 heterocycles. The van der Waals surface area contributed by atoms with E-state index < -0.39 is 35.8 Å². The fourth-order valence-corrected chi connectivity index (χ4v) is 5.46. The summed E-state index contributed by atoms with van der Waals surface area (Å²) in [5.74, 6) is -7.47. The summed E-state index contributed by atoms with van der Waals surface area (Å²) in [4.78, 5) is 66.9. The van der Waals surface area contributed by atoms with Crippen molar-refractivity contribution in [3.63, 3.8) is 0 Å². The monoisotopic (exact) mass is 1060 g/mol. The minimum atomic E-state index is -1.25. The molecule has 6 rings (SSSR count). The van der Waals surface area contributed by atoms with Gasteiger partial charge in [-0.1, -0.05) is 127 Å². The van der Waals surface area contributed by atoms with Crippen LogP contribution in [0.15, 0.2) is 146 Å². The zero-order valence-electron chi connectivity index (χ0n) is 28.6. The Hall–Kier alpha value is -5.37. The average Bonchev–Trinajstić information content (AvgIpc) is 3.18. The summed E-state index contributed by atoms with van der Waals surface area (Å²) in [6.07, 6.45) is 0. The van der Waals surface area contributed by atoms with Crippen LogP contribution in [-0.4, -0.2) is 66.5 Å². The van der Waals surface area contributed by atoms with Crippen molar-refractivity contribution in [2.45, 2.75) is 0 Å². The van der Waals surface area contributed by atoms with Gasteiger partial charge in [0, 0.05) is 74.6 Å². The molecule has 0 aliphatic rings. The first kappa shape index (κ1) is 46.8. The van der Waals surface area contributed by atoms with Gasteiger partial charge in [-0.25, -0.2) is 28.8 Å². The van der Waals surface area contributed by atoms with E-state index in [9.17, 15) is 44.1 Å². The number of carboxylic acids is 6. The third kappa shape index (κ3) is 11.8. The summed E-state index contributed by atoms with van der Waals surface area (Å²) in [6.45, 7) is 0. The number of carbonyl (C=O) groups is 6. The van der Waals surface area contributed by atoms with Crippen LogP contribution >= 0.6 is 0 Å². The summed E-state index contributed by atoms with van der Waals surface area (Å²) in [5.41, 5.74) is 2.09. The first-order valence-corrected chi connectivity index (χ1v) is 15.8. The van der Waals surface area contributed by atoms with Crippen LogP contribution in [0.5, 0.6) is 0 Å². The van der Waals surface area contributed by atoms with Crippen LogP contribution in [-0.2, 0) is 0 Å². The van der Waals surface area contributed by atoms with Crippen molar-refractivity contribution >= 4 is 35.8 Å². The van der Waals surface area contributed by atoms with Gasteiger partial charge < -0.3 is 30.6 Å². The largest absolute Gasteiger partial charge is 0.478 e. The molecular formula is C42H30Er2O12. The molecule has 0 bridgehead atoms. The maximum absolute atomic E-state index is 11.3. The Morgan fingerprint density at radius 2 is 0.482 bits per heavy atom. The number of hydrogen-bond donors (Lipinski definition) is 6. The normalized spacial score (nSPS) is 9.64. The molecule has 6 aromatic rings. The number of benzene rings is 6. The Morgan fingerprint density at radius 1 is 0.268 bits per heavy atom. The Morgan fingerprint density at radius 3 is 0.661 bits per heavy atom. The Labute approximate surface area is 378 Å². The third-order valence-corrected chi connectivity index (χ3v) is 7.78. The molecule has 0 amide bonds. The number of hydrogen-bond acceptors (Lipinski definition) is 6. The van der Waals surface area contributed by atoms with Crippen LogP contribution in [0.25, 0.3) is 33.4 Å². The van der Waals surface area contributed by atoms with Crippen LogP contribution in [0.4, 0.5) is 0 Å². The SMILES string of the molecule is O=C(O)c1cccc(-c2ccccc2)c1C(=O)O.O=C(O)c1cccc(-c2ccccc2)c1C(=O)O.O=C(O)c1cccc(-c2ccccc2)c1C(=O)O.[Er].[Er]. The van der Waals surface area contributed by atoms with Gasteiger partial charge in [0.15, 0.2) is 0 Å². The fraction of sp³-hybridized carbons (Fsp3) is 0. The molecule has 0 saturated heterocycles. The Kier molecular flexibility index (Phi) is 18.6. The van der Waals surface area contributed by atoms with Gasteiger partial charge in [0.05, 0.1) is 33.4 Å². The molecule has 6 aromatic carbocycles. The first-order valence-electron chi connectivity index (χ1n) is 15.8. The van der Waals surface area contributed by atoms with Crippen molar-refractivity contribution in [1.82, 2.24) is 0 Å². The van der Waals surface area contributed by atoms with Gasteiger partial charge >= 0.3 is 35.8 Å². The van der Waals surface area contributed by atoms with Gasteiger partial charge in [0.1, 0.15) is 0 Å². The minimum absolute atomic E-state index is 0. The van der Waals surface area contributed by atoms with Crippen molar-refractivity contribution in [2.75, 3.05) is 0 Å². The second kappa shape index (κ2) is 22.3. The van der Waals surface area contributed by atoms with Crippen LogP contribution in [0.1, 0.15) is 62.1 Å². The van der Waals surface area contributed by atoms with E-state index in [4.69, 9.17) is 15.3 Å². The first-order chi connectivity index (χ1) is 25.8. The van der Waals surface area contributed by atoms with Gasteiger partial charge in [0.2, 0.25) is 0 Å². The number of rotatable bonds is 9. The van der Waals surface area contributed by atoms with Crippen LogP contribution in [0.2, 0.25) is 0 Å². The molecule has 0 spiro atoms. The number of aromatic carboxylic acids is 6. The standard InChI is InChI=1S/3C14H10O4.2Er/c3*15-13(16)11-8-4-7-10(12(11)14(17)18)9-5-2-1-3-6-9;;/h3*1-8H,(H,15,16)(H,17,18);;. The summed E-state index contributed by atoms with van der Waals surface area (Å²) in [6, 6.07) is 39.8. The molecule has 0 saturated carbocycles. The second-order valence-electron chi connectivity index (χ2n) is 11.1. The minimum Gasteiger partial charge on any atom is -0.478 e. The zero-order valence-corrected chi connectivity index (χ0v) is 32.3. The van der Waals surface area contributed by atoms with Crippen molar-refractivity contribution < 1.29 is 134 Å². The zero-order chi connectivity index (χ0) is 39.4. The molecule has 0 radical (unpaired) electrons. The summed E-state index contributed by atoms with van der Waals surface area (Å²) >= 11 is 0. The van der Waals surface area contributed by atoms with E-state index >= 15 is 0 Å². The summed E-state index contributed by atoms with van der Waals surface area (Å²) < 4.78 is 0. The fourth-order valence-electron chi connectivity index (χ4n) is 5.46. The number of carboxylic acid groups (broad SMARTS) is 6. The topological polar surface area (TPSA) is 224 Å².